The van der Waals surface area contributed by atoms with E-state index in [9.17, 15) is 5.11 Å². The number of benzene rings is 1. The molecule has 0 bridgehead atoms. The molecule has 0 radical (unpaired) electrons. The minimum atomic E-state index is -0.401. The average Bonchev–Trinajstić information content (AvgIpc) is 3.05. The number of rotatable bonds is 3. The van der Waals surface area contributed by atoms with Crippen LogP contribution in [0.2, 0.25) is 0 Å². The Morgan fingerprint density at radius 1 is 1.31 bits per heavy atom. The highest BCUT2D eigenvalue weighted by atomic mass is 32.1. The fraction of sp³-hybridized carbons (Fsp3) is 0.476. The van der Waals surface area contributed by atoms with Gasteiger partial charge in [0.15, 0.2) is 0 Å². The van der Waals surface area contributed by atoms with Crippen molar-refractivity contribution >= 4 is 16.9 Å². The highest BCUT2D eigenvalue weighted by molar-refractivity contribution is 7.10. The molecule has 5 heteroatoms. The minimum Gasteiger partial charge on any atom is -0.507 e. The lowest BCUT2D eigenvalue weighted by Gasteiger charge is -2.31. The first-order valence-corrected chi connectivity index (χ1v) is 9.86. The molecule has 1 aliphatic rings. The summed E-state index contributed by atoms with van der Waals surface area (Å²) in [6, 6.07) is 4.01. The average molecular weight is 373 g/mol. The van der Waals surface area contributed by atoms with Crippen LogP contribution in [0.1, 0.15) is 56.7 Å². The molecule has 0 aliphatic carbocycles. The van der Waals surface area contributed by atoms with Crippen molar-refractivity contribution in [3.8, 4) is 17.0 Å². The number of nitrogens with zero attached hydrogens (tertiary/aromatic N) is 1. The normalized spacial score (nSPS) is 17.3. The van der Waals surface area contributed by atoms with Gasteiger partial charge in [-0.25, -0.2) is 4.98 Å². The monoisotopic (exact) mass is 372 g/mol. The molecule has 4 nitrogen and oxygen atoms in total. The van der Waals surface area contributed by atoms with E-state index in [-0.39, 0.29) is 5.41 Å². The SMILES string of the molecule is C=C(C)c1cc(-c2csc(C3(N)CCOCC3)n2)cc(C(C)(C)C)c1O. The van der Waals surface area contributed by atoms with E-state index in [4.69, 9.17) is 15.5 Å². The predicted octanol–water partition coefficient (Wildman–Crippen LogP) is 4.81. The van der Waals surface area contributed by atoms with Gasteiger partial charge in [-0.05, 0) is 42.9 Å². The molecule has 0 unspecified atom stereocenters. The molecule has 3 N–H and O–H groups in total. The second-order valence-electron chi connectivity index (χ2n) is 8.26. The second-order valence-corrected chi connectivity index (χ2v) is 9.11. The van der Waals surface area contributed by atoms with Crippen molar-refractivity contribution in [1.29, 1.82) is 0 Å². The molecular weight excluding hydrogens is 344 g/mol. The van der Waals surface area contributed by atoms with E-state index < -0.39 is 5.54 Å². The number of hydrogen-bond acceptors (Lipinski definition) is 5. The Labute approximate surface area is 159 Å². The molecule has 1 aromatic carbocycles. The summed E-state index contributed by atoms with van der Waals surface area (Å²) >= 11 is 1.60. The fourth-order valence-electron chi connectivity index (χ4n) is 3.26. The zero-order chi connectivity index (χ0) is 19.1. The van der Waals surface area contributed by atoms with Crippen molar-refractivity contribution in [3.05, 3.63) is 40.2 Å². The summed E-state index contributed by atoms with van der Waals surface area (Å²) < 4.78 is 5.45. The molecule has 3 rings (SSSR count). The number of aromatic nitrogens is 1. The topological polar surface area (TPSA) is 68.4 Å². The van der Waals surface area contributed by atoms with Crippen LogP contribution in [0.3, 0.4) is 0 Å². The van der Waals surface area contributed by atoms with Crippen LogP contribution in [0, 0.1) is 0 Å². The molecule has 0 saturated carbocycles. The quantitative estimate of drug-likeness (QED) is 0.811. The minimum absolute atomic E-state index is 0.182. The first kappa shape index (κ1) is 19.1. The van der Waals surface area contributed by atoms with Gasteiger partial charge in [0, 0.05) is 35.3 Å². The van der Waals surface area contributed by atoms with Gasteiger partial charge in [-0.3, -0.25) is 0 Å². The van der Waals surface area contributed by atoms with Gasteiger partial charge < -0.3 is 15.6 Å². The van der Waals surface area contributed by atoms with Gasteiger partial charge in [0.1, 0.15) is 10.8 Å². The third kappa shape index (κ3) is 3.56. The highest BCUT2D eigenvalue weighted by Gasteiger charge is 2.33. The summed E-state index contributed by atoms with van der Waals surface area (Å²) in [5.41, 5.74) is 10.4. The van der Waals surface area contributed by atoms with Crippen molar-refractivity contribution in [2.45, 2.75) is 51.5 Å². The number of phenolic OH excluding ortho intramolecular Hbond substituents is 1. The first-order chi connectivity index (χ1) is 12.1. The molecule has 0 spiro atoms. The van der Waals surface area contributed by atoms with Gasteiger partial charge >= 0.3 is 0 Å². The Balaban J connectivity index is 2.07. The van der Waals surface area contributed by atoms with E-state index in [1.54, 1.807) is 11.3 Å². The Kier molecular flexibility index (Phi) is 4.99. The van der Waals surface area contributed by atoms with Crippen LogP contribution in [0.15, 0.2) is 24.1 Å². The number of aromatic hydroxyl groups is 1. The lowest BCUT2D eigenvalue weighted by Crippen LogP contribution is -2.42. The van der Waals surface area contributed by atoms with Crippen LogP contribution in [0.4, 0.5) is 0 Å². The van der Waals surface area contributed by atoms with Gasteiger partial charge in [-0.1, -0.05) is 27.4 Å². The first-order valence-electron chi connectivity index (χ1n) is 8.98. The molecule has 0 atom stereocenters. The van der Waals surface area contributed by atoms with Gasteiger partial charge in [-0.2, -0.15) is 0 Å². The van der Waals surface area contributed by atoms with Crippen molar-refractivity contribution < 1.29 is 9.84 Å². The van der Waals surface area contributed by atoms with Crippen molar-refractivity contribution in [2.75, 3.05) is 13.2 Å². The predicted molar refractivity (Wildman–Crippen MR) is 109 cm³/mol. The molecule has 0 amide bonds. The summed E-state index contributed by atoms with van der Waals surface area (Å²) in [5.74, 6) is 0.309. The Bertz CT molecular complexity index is 827. The standard InChI is InChI=1S/C21H28N2O2S/c1-13(2)15-10-14(11-16(18(15)24)20(3,4)5)17-12-26-19(23-17)21(22)6-8-25-9-7-21/h10-12,24H,1,6-9,22H2,2-5H3. The molecule has 1 saturated heterocycles. The van der Waals surface area contributed by atoms with Crippen LogP contribution in [-0.2, 0) is 15.7 Å². The van der Waals surface area contributed by atoms with E-state index in [2.05, 4.69) is 32.7 Å². The molecule has 140 valence electrons. The molecule has 1 aromatic heterocycles. The van der Waals surface area contributed by atoms with Crippen molar-refractivity contribution in [3.63, 3.8) is 0 Å². The van der Waals surface area contributed by atoms with E-state index >= 15 is 0 Å². The van der Waals surface area contributed by atoms with E-state index in [1.165, 1.54) is 0 Å². The van der Waals surface area contributed by atoms with E-state index in [0.29, 0.717) is 19.0 Å². The lowest BCUT2D eigenvalue weighted by atomic mass is 9.83. The lowest BCUT2D eigenvalue weighted by molar-refractivity contribution is 0.0522. The van der Waals surface area contributed by atoms with Gasteiger partial charge in [0.05, 0.1) is 11.2 Å². The summed E-state index contributed by atoms with van der Waals surface area (Å²) in [6.07, 6.45) is 1.58. The third-order valence-electron chi connectivity index (χ3n) is 4.99. The zero-order valence-corrected chi connectivity index (χ0v) is 16.9. The molecule has 1 fully saturated rings. The molecule has 1 aliphatic heterocycles. The maximum atomic E-state index is 10.7. The maximum absolute atomic E-state index is 10.7. The molecule has 2 aromatic rings. The van der Waals surface area contributed by atoms with Crippen LogP contribution < -0.4 is 5.73 Å². The van der Waals surface area contributed by atoms with Crippen LogP contribution in [0.5, 0.6) is 5.75 Å². The summed E-state index contributed by atoms with van der Waals surface area (Å²) in [4.78, 5) is 4.86. The Morgan fingerprint density at radius 2 is 1.96 bits per heavy atom. The summed E-state index contributed by atoms with van der Waals surface area (Å²) in [5, 5.41) is 13.7. The van der Waals surface area contributed by atoms with E-state index in [1.807, 2.05) is 19.1 Å². The Hall–Kier alpha value is -1.69. The van der Waals surface area contributed by atoms with Crippen LogP contribution in [-0.4, -0.2) is 23.3 Å². The molecule has 2 heterocycles. The summed E-state index contributed by atoms with van der Waals surface area (Å²) in [6.45, 7) is 13.6. The van der Waals surface area contributed by atoms with Gasteiger partial charge in [-0.15, -0.1) is 11.3 Å². The Morgan fingerprint density at radius 3 is 2.54 bits per heavy atom. The molecular formula is C21H28N2O2S. The largest absolute Gasteiger partial charge is 0.507 e. The van der Waals surface area contributed by atoms with Gasteiger partial charge in [0.2, 0.25) is 0 Å². The maximum Gasteiger partial charge on any atom is 0.126 e. The smallest absolute Gasteiger partial charge is 0.126 e. The van der Waals surface area contributed by atoms with Gasteiger partial charge in [0.25, 0.3) is 0 Å². The number of allylic oxidation sites excluding steroid dienone is 1. The second kappa shape index (κ2) is 6.80. The number of ether oxygens (including phenoxy) is 1. The van der Waals surface area contributed by atoms with Crippen LogP contribution in [0.25, 0.3) is 16.8 Å². The fourth-order valence-corrected chi connectivity index (χ4v) is 4.27. The number of nitrogens with two attached hydrogens (primary N) is 1. The summed E-state index contributed by atoms with van der Waals surface area (Å²) in [7, 11) is 0. The number of phenols is 1. The van der Waals surface area contributed by atoms with Crippen molar-refractivity contribution in [2.24, 2.45) is 5.73 Å². The van der Waals surface area contributed by atoms with E-state index in [0.717, 1.165) is 45.8 Å². The highest BCUT2D eigenvalue weighted by Crippen LogP contribution is 2.41. The number of thiazole rings is 1. The zero-order valence-electron chi connectivity index (χ0n) is 16.1. The third-order valence-corrected chi connectivity index (χ3v) is 6.05. The molecule has 26 heavy (non-hydrogen) atoms. The van der Waals surface area contributed by atoms with Crippen molar-refractivity contribution in [1.82, 2.24) is 4.98 Å². The number of hydrogen-bond donors (Lipinski definition) is 2. The van der Waals surface area contributed by atoms with Crippen LogP contribution >= 0.6 is 11.3 Å².